The highest BCUT2D eigenvalue weighted by Gasteiger charge is 2.21. The minimum Gasteiger partial charge on any atom is -0.497 e. The van der Waals surface area contributed by atoms with Gasteiger partial charge in [0.2, 0.25) is 0 Å². The van der Waals surface area contributed by atoms with Crippen molar-refractivity contribution in [3.8, 4) is 5.75 Å². The normalized spacial score (nSPS) is 19.4. The molecule has 1 unspecified atom stereocenters. The molecule has 1 N–H and O–H groups in total. The molecule has 1 aliphatic rings. The van der Waals surface area contributed by atoms with Gasteiger partial charge < -0.3 is 15.0 Å². The van der Waals surface area contributed by atoms with Crippen molar-refractivity contribution >= 4 is 11.4 Å². The van der Waals surface area contributed by atoms with Crippen LogP contribution in [-0.2, 0) is 0 Å². The topological polar surface area (TPSA) is 24.5 Å². The Hall–Kier alpha value is -1.38. The number of nitrogens with one attached hydrogen (secondary N) is 1. The minimum absolute atomic E-state index is 0.574. The molecule has 2 rings (SSSR count). The van der Waals surface area contributed by atoms with E-state index in [0.717, 1.165) is 18.7 Å². The second-order valence-corrected chi connectivity index (χ2v) is 3.94. The standard InChI is InChI=1S/C12H18N2O/c1-4-9-8-13-11-6-5-10(15-3)7-12(11)14(9)2/h5-7,9,13H,4,8H2,1-3H3. The molecule has 1 aromatic carbocycles. The van der Waals surface area contributed by atoms with E-state index in [-0.39, 0.29) is 0 Å². The van der Waals surface area contributed by atoms with Crippen LogP contribution >= 0.6 is 0 Å². The van der Waals surface area contributed by atoms with Crippen molar-refractivity contribution in [2.24, 2.45) is 0 Å². The maximum Gasteiger partial charge on any atom is 0.121 e. The van der Waals surface area contributed by atoms with Gasteiger partial charge in [-0.2, -0.15) is 0 Å². The summed E-state index contributed by atoms with van der Waals surface area (Å²) in [5.41, 5.74) is 2.43. The zero-order chi connectivity index (χ0) is 10.8. The first kappa shape index (κ1) is 10.1. The smallest absolute Gasteiger partial charge is 0.121 e. The highest BCUT2D eigenvalue weighted by atomic mass is 16.5. The zero-order valence-electron chi connectivity index (χ0n) is 9.58. The van der Waals surface area contributed by atoms with Crippen LogP contribution in [0.4, 0.5) is 11.4 Å². The van der Waals surface area contributed by atoms with E-state index in [1.165, 1.54) is 11.4 Å². The molecule has 0 bridgehead atoms. The van der Waals surface area contributed by atoms with Gasteiger partial charge in [-0.05, 0) is 18.6 Å². The van der Waals surface area contributed by atoms with Crippen LogP contribution < -0.4 is 15.0 Å². The third-order valence-electron chi connectivity index (χ3n) is 3.13. The quantitative estimate of drug-likeness (QED) is 0.803. The Labute approximate surface area is 91.0 Å². The Bertz CT molecular complexity index is 351. The molecule has 3 heteroatoms. The fourth-order valence-corrected chi connectivity index (χ4v) is 2.06. The Morgan fingerprint density at radius 3 is 3.00 bits per heavy atom. The monoisotopic (exact) mass is 206 g/mol. The molecule has 0 saturated heterocycles. The molecular weight excluding hydrogens is 188 g/mol. The minimum atomic E-state index is 0.574. The summed E-state index contributed by atoms with van der Waals surface area (Å²) < 4.78 is 5.24. The molecule has 0 amide bonds. The van der Waals surface area contributed by atoms with Crippen molar-refractivity contribution in [1.82, 2.24) is 0 Å². The summed E-state index contributed by atoms with van der Waals surface area (Å²) >= 11 is 0. The summed E-state index contributed by atoms with van der Waals surface area (Å²) in [6.07, 6.45) is 1.15. The Morgan fingerprint density at radius 1 is 1.53 bits per heavy atom. The fraction of sp³-hybridized carbons (Fsp3) is 0.500. The van der Waals surface area contributed by atoms with Gasteiger partial charge in [-0.1, -0.05) is 6.92 Å². The number of nitrogens with zero attached hydrogens (tertiary/aromatic N) is 1. The van der Waals surface area contributed by atoms with E-state index in [4.69, 9.17) is 4.74 Å². The number of anilines is 2. The molecule has 0 aromatic heterocycles. The summed E-state index contributed by atoms with van der Waals surface area (Å²) in [7, 11) is 3.85. The molecule has 0 spiro atoms. The Morgan fingerprint density at radius 2 is 2.33 bits per heavy atom. The van der Waals surface area contributed by atoms with Gasteiger partial charge >= 0.3 is 0 Å². The average molecular weight is 206 g/mol. The molecule has 0 fully saturated rings. The summed E-state index contributed by atoms with van der Waals surface area (Å²) in [5.74, 6) is 0.916. The lowest BCUT2D eigenvalue weighted by Gasteiger charge is -2.36. The van der Waals surface area contributed by atoms with E-state index in [1.54, 1.807) is 7.11 Å². The van der Waals surface area contributed by atoms with Gasteiger partial charge in [0.25, 0.3) is 0 Å². The van der Waals surface area contributed by atoms with E-state index in [9.17, 15) is 0 Å². The number of methoxy groups -OCH3 is 1. The molecule has 1 heterocycles. The number of hydrogen-bond donors (Lipinski definition) is 1. The number of likely N-dealkylation sites (N-methyl/N-ethyl adjacent to an activating group) is 1. The SMILES string of the molecule is CCC1CNc2ccc(OC)cc2N1C. The van der Waals surface area contributed by atoms with Crippen molar-refractivity contribution in [3.05, 3.63) is 18.2 Å². The molecule has 82 valence electrons. The summed E-state index contributed by atoms with van der Waals surface area (Å²) in [6.45, 7) is 3.24. The van der Waals surface area contributed by atoms with Crippen LogP contribution in [0.2, 0.25) is 0 Å². The van der Waals surface area contributed by atoms with Gasteiger partial charge in [0.1, 0.15) is 5.75 Å². The highest BCUT2D eigenvalue weighted by molar-refractivity contribution is 5.74. The van der Waals surface area contributed by atoms with Gasteiger partial charge in [0.15, 0.2) is 0 Å². The molecule has 0 aliphatic carbocycles. The van der Waals surface area contributed by atoms with Crippen LogP contribution in [0.3, 0.4) is 0 Å². The molecule has 0 saturated carbocycles. The maximum atomic E-state index is 5.24. The van der Waals surface area contributed by atoms with Crippen molar-refractivity contribution in [3.63, 3.8) is 0 Å². The number of benzene rings is 1. The van der Waals surface area contributed by atoms with Gasteiger partial charge in [0, 0.05) is 25.7 Å². The van der Waals surface area contributed by atoms with Crippen LogP contribution in [0.5, 0.6) is 5.75 Å². The Kier molecular flexibility index (Phi) is 2.71. The molecular formula is C12H18N2O. The van der Waals surface area contributed by atoms with Crippen LogP contribution in [0.25, 0.3) is 0 Å². The van der Waals surface area contributed by atoms with Crippen molar-refractivity contribution in [2.45, 2.75) is 19.4 Å². The summed E-state index contributed by atoms with van der Waals surface area (Å²) in [5, 5.41) is 3.45. The fourth-order valence-electron chi connectivity index (χ4n) is 2.06. The number of ether oxygens (including phenoxy) is 1. The maximum absolute atomic E-state index is 5.24. The molecule has 15 heavy (non-hydrogen) atoms. The highest BCUT2D eigenvalue weighted by Crippen LogP contribution is 2.34. The molecule has 1 atom stereocenters. The lowest BCUT2D eigenvalue weighted by molar-refractivity contribution is 0.414. The van der Waals surface area contributed by atoms with E-state index < -0.39 is 0 Å². The van der Waals surface area contributed by atoms with Crippen molar-refractivity contribution in [1.29, 1.82) is 0 Å². The predicted octanol–water partition coefficient (Wildman–Crippen LogP) is 2.34. The van der Waals surface area contributed by atoms with Gasteiger partial charge in [0.05, 0.1) is 18.5 Å². The van der Waals surface area contributed by atoms with Crippen LogP contribution in [0.15, 0.2) is 18.2 Å². The predicted molar refractivity (Wildman–Crippen MR) is 64.0 cm³/mol. The van der Waals surface area contributed by atoms with Crippen LogP contribution in [-0.4, -0.2) is 26.7 Å². The van der Waals surface area contributed by atoms with Crippen molar-refractivity contribution < 1.29 is 4.74 Å². The molecule has 0 radical (unpaired) electrons. The van der Waals surface area contributed by atoms with Crippen LogP contribution in [0, 0.1) is 0 Å². The lowest BCUT2D eigenvalue weighted by atomic mass is 10.1. The van der Waals surface area contributed by atoms with Crippen molar-refractivity contribution in [2.75, 3.05) is 30.9 Å². The molecule has 1 aliphatic heterocycles. The zero-order valence-corrected chi connectivity index (χ0v) is 9.58. The van der Waals surface area contributed by atoms with Gasteiger partial charge in [-0.3, -0.25) is 0 Å². The number of hydrogen-bond acceptors (Lipinski definition) is 3. The third-order valence-corrected chi connectivity index (χ3v) is 3.13. The molecule has 3 nitrogen and oxygen atoms in total. The number of fused-ring (bicyclic) bond motifs is 1. The second-order valence-electron chi connectivity index (χ2n) is 3.94. The first-order chi connectivity index (χ1) is 7.26. The van der Waals surface area contributed by atoms with Gasteiger partial charge in [-0.25, -0.2) is 0 Å². The second kappa shape index (κ2) is 4.01. The van der Waals surface area contributed by atoms with Gasteiger partial charge in [-0.15, -0.1) is 0 Å². The van der Waals surface area contributed by atoms with E-state index in [1.807, 2.05) is 6.07 Å². The summed E-state index contributed by atoms with van der Waals surface area (Å²) in [4.78, 5) is 2.33. The van der Waals surface area contributed by atoms with Crippen LogP contribution in [0.1, 0.15) is 13.3 Å². The van der Waals surface area contributed by atoms with E-state index in [0.29, 0.717) is 6.04 Å². The number of rotatable bonds is 2. The largest absolute Gasteiger partial charge is 0.497 e. The first-order valence-electron chi connectivity index (χ1n) is 5.41. The molecule has 1 aromatic rings. The Balaban J connectivity index is 2.35. The lowest BCUT2D eigenvalue weighted by Crippen LogP contribution is -2.40. The average Bonchev–Trinajstić information content (AvgIpc) is 2.29. The third kappa shape index (κ3) is 1.74. The first-order valence-corrected chi connectivity index (χ1v) is 5.41. The summed E-state index contributed by atoms with van der Waals surface area (Å²) in [6, 6.07) is 6.73. The van der Waals surface area contributed by atoms with E-state index in [2.05, 4.69) is 36.3 Å². The van der Waals surface area contributed by atoms with E-state index >= 15 is 0 Å².